The van der Waals surface area contributed by atoms with Gasteiger partial charge in [-0.2, -0.15) is 0 Å². The van der Waals surface area contributed by atoms with Gasteiger partial charge in [-0.3, -0.25) is 0 Å². The summed E-state index contributed by atoms with van der Waals surface area (Å²) in [6.45, 7) is 5.25. The molecule has 0 aliphatic heterocycles. The van der Waals surface area contributed by atoms with Gasteiger partial charge >= 0.3 is 0 Å². The fraction of sp³-hybridized carbons (Fsp3) is 0.462. The minimum absolute atomic E-state index is 0.163. The van der Waals surface area contributed by atoms with Crippen molar-refractivity contribution in [2.24, 2.45) is 0 Å². The van der Waals surface area contributed by atoms with Crippen molar-refractivity contribution in [3.8, 4) is 0 Å². The second-order valence-electron chi connectivity index (χ2n) is 4.71. The quantitative estimate of drug-likeness (QED) is 0.638. The van der Waals surface area contributed by atoms with Crippen molar-refractivity contribution < 1.29 is 12.8 Å². The summed E-state index contributed by atoms with van der Waals surface area (Å²) in [5.74, 6) is 1.00. The van der Waals surface area contributed by atoms with Gasteiger partial charge in [-0.15, -0.1) is 0 Å². The SMILES string of the molecule is CCCNCc1cc(S(=O)(=O)NCc2cnc[nH]2)c(C)o1. The molecule has 0 aliphatic carbocycles. The van der Waals surface area contributed by atoms with Gasteiger partial charge in [0, 0.05) is 18.0 Å². The van der Waals surface area contributed by atoms with Gasteiger partial charge in [0.05, 0.1) is 19.4 Å². The van der Waals surface area contributed by atoms with Gasteiger partial charge < -0.3 is 14.7 Å². The summed E-state index contributed by atoms with van der Waals surface area (Å²) in [7, 11) is -3.60. The Kier molecular flexibility index (Phi) is 5.16. The molecule has 2 aromatic rings. The van der Waals surface area contributed by atoms with E-state index in [-0.39, 0.29) is 11.4 Å². The van der Waals surface area contributed by atoms with E-state index >= 15 is 0 Å². The molecule has 0 radical (unpaired) electrons. The van der Waals surface area contributed by atoms with Crippen molar-refractivity contribution in [2.75, 3.05) is 6.54 Å². The number of aromatic amines is 1. The third-order valence-electron chi connectivity index (χ3n) is 2.95. The highest BCUT2D eigenvalue weighted by Gasteiger charge is 2.21. The van der Waals surface area contributed by atoms with Gasteiger partial charge in [0.2, 0.25) is 10.0 Å². The molecule has 2 heterocycles. The van der Waals surface area contributed by atoms with Crippen LogP contribution in [0.1, 0.15) is 30.6 Å². The third kappa shape index (κ3) is 4.16. The molecule has 0 unspecified atom stereocenters. The predicted molar refractivity (Wildman–Crippen MR) is 78.1 cm³/mol. The summed E-state index contributed by atoms with van der Waals surface area (Å²) in [5, 5.41) is 3.18. The number of hydrogen-bond acceptors (Lipinski definition) is 5. The van der Waals surface area contributed by atoms with Crippen LogP contribution in [0.5, 0.6) is 0 Å². The molecule has 0 saturated carbocycles. The van der Waals surface area contributed by atoms with E-state index in [0.29, 0.717) is 23.8 Å². The second kappa shape index (κ2) is 6.88. The highest BCUT2D eigenvalue weighted by atomic mass is 32.2. The minimum atomic E-state index is -3.60. The number of aromatic nitrogens is 2. The first-order chi connectivity index (χ1) is 10.0. The zero-order chi connectivity index (χ0) is 15.3. The van der Waals surface area contributed by atoms with Crippen LogP contribution in [0.4, 0.5) is 0 Å². The Labute approximate surface area is 124 Å². The number of furan rings is 1. The van der Waals surface area contributed by atoms with Crippen LogP contribution in [0.3, 0.4) is 0 Å². The van der Waals surface area contributed by atoms with Gasteiger partial charge in [0.1, 0.15) is 16.4 Å². The van der Waals surface area contributed by atoms with Gasteiger partial charge in [-0.25, -0.2) is 18.1 Å². The van der Waals surface area contributed by atoms with Crippen LogP contribution in [0.15, 0.2) is 27.9 Å². The Hall–Kier alpha value is -1.64. The molecular weight excluding hydrogens is 292 g/mol. The van der Waals surface area contributed by atoms with Crippen LogP contribution in [0.2, 0.25) is 0 Å². The molecule has 7 nitrogen and oxygen atoms in total. The molecule has 3 N–H and O–H groups in total. The molecule has 0 spiro atoms. The number of nitrogens with zero attached hydrogens (tertiary/aromatic N) is 1. The summed E-state index contributed by atoms with van der Waals surface area (Å²) in [4.78, 5) is 6.86. The van der Waals surface area contributed by atoms with Crippen LogP contribution in [-0.4, -0.2) is 24.9 Å². The van der Waals surface area contributed by atoms with Crippen molar-refractivity contribution in [3.05, 3.63) is 35.8 Å². The molecule has 0 aliphatic rings. The lowest BCUT2D eigenvalue weighted by atomic mass is 10.4. The average Bonchev–Trinajstić information content (AvgIpc) is 3.07. The van der Waals surface area contributed by atoms with Crippen molar-refractivity contribution in [2.45, 2.75) is 38.3 Å². The topological polar surface area (TPSA) is 100 Å². The maximum Gasteiger partial charge on any atom is 0.244 e. The highest BCUT2D eigenvalue weighted by molar-refractivity contribution is 7.89. The summed E-state index contributed by atoms with van der Waals surface area (Å²) < 4.78 is 32.5. The van der Waals surface area contributed by atoms with Crippen LogP contribution in [-0.2, 0) is 23.1 Å². The normalized spacial score (nSPS) is 11.9. The first kappa shape index (κ1) is 15.7. The van der Waals surface area contributed by atoms with Crippen molar-refractivity contribution in [3.63, 3.8) is 0 Å². The molecule has 2 aromatic heterocycles. The van der Waals surface area contributed by atoms with E-state index < -0.39 is 10.0 Å². The fourth-order valence-corrected chi connectivity index (χ4v) is 3.11. The Morgan fingerprint density at radius 2 is 2.19 bits per heavy atom. The van der Waals surface area contributed by atoms with Gasteiger partial charge in [-0.05, 0) is 19.9 Å². The summed E-state index contributed by atoms with van der Waals surface area (Å²) in [5.41, 5.74) is 0.699. The molecule has 0 bridgehead atoms. The zero-order valence-electron chi connectivity index (χ0n) is 12.1. The molecule has 0 amide bonds. The van der Waals surface area contributed by atoms with E-state index in [0.717, 1.165) is 13.0 Å². The number of sulfonamides is 1. The first-order valence-electron chi connectivity index (χ1n) is 6.80. The summed E-state index contributed by atoms with van der Waals surface area (Å²) in [6.07, 6.45) is 4.09. The van der Waals surface area contributed by atoms with Crippen molar-refractivity contribution in [1.82, 2.24) is 20.0 Å². The predicted octanol–water partition coefficient (Wildman–Crippen LogP) is 1.29. The number of imidazole rings is 1. The number of rotatable bonds is 8. The Bertz CT molecular complexity index is 662. The summed E-state index contributed by atoms with van der Waals surface area (Å²) in [6, 6.07) is 1.56. The minimum Gasteiger partial charge on any atom is -0.464 e. The molecule has 2 rings (SSSR count). The lowest BCUT2D eigenvalue weighted by molar-refractivity contribution is 0.457. The van der Waals surface area contributed by atoms with Gasteiger partial charge in [0.15, 0.2) is 0 Å². The molecule has 0 aromatic carbocycles. The molecule has 116 valence electrons. The van der Waals surface area contributed by atoms with E-state index in [1.54, 1.807) is 19.2 Å². The van der Waals surface area contributed by atoms with Gasteiger partial charge in [0.25, 0.3) is 0 Å². The lowest BCUT2D eigenvalue weighted by Gasteiger charge is -2.03. The number of nitrogens with one attached hydrogen (secondary N) is 3. The fourth-order valence-electron chi connectivity index (χ4n) is 1.90. The molecule has 8 heteroatoms. The van der Waals surface area contributed by atoms with Crippen LogP contribution in [0, 0.1) is 6.92 Å². The number of aryl methyl sites for hydroxylation is 1. The Morgan fingerprint density at radius 3 is 2.86 bits per heavy atom. The standard InChI is InChI=1S/C13H20N4O3S/c1-3-4-14-8-12-5-13(10(2)20-12)21(18,19)17-7-11-6-15-9-16-11/h5-6,9,14,17H,3-4,7-8H2,1-2H3,(H,15,16). The Morgan fingerprint density at radius 1 is 1.38 bits per heavy atom. The number of H-pyrrole nitrogens is 1. The Balaban J connectivity index is 2.05. The van der Waals surface area contributed by atoms with E-state index in [1.807, 2.05) is 0 Å². The molecule has 21 heavy (non-hydrogen) atoms. The summed E-state index contributed by atoms with van der Waals surface area (Å²) >= 11 is 0. The second-order valence-corrected chi connectivity index (χ2v) is 6.45. The number of hydrogen-bond donors (Lipinski definition) is 3. The van der Waals surface area contributed by atoms with E-state index in [9.17, 15) is 8.42 Å². The zero-order valence-corrected chi connectivity index (χ0v) is 13.0. The smallest absolute Gasteiger partial charge is 0.244 e. The van der Waals surface area contributed by atoms with Gasteiger partial charge in [-0.1, -0.05) is 6.92 Å². The van der Waals surface area contributed by atoms with Crippen LogP contribution in [0.25, 0.3) is 0 Å². The van der Waals surface area contributed by atoms with Crippen molar-refractivity contribution in [1.29, 1.82) is 0 Å². The monoisotopic (exact) mass is 312 g/mol. The van der Waals surface area contributed by atoms with Crippen LogP contribution < -0.4 is 10.0 Å². The molecular formula is C13H20N4O3S. The first-order valence-corrected chi connectivity index (χ1v) is 8.28. The highest BCUT2D eigenvalue weighted by Crippen LogP contribution is 2.20. The largest absolute Gasteiger partial charge is 0.464 e. The molecule has 0 atom stereocenters. The van der Waals surface area contributed by atoms with E-state index in [4.69, 9.17) is 4.42 Å². The molecule has 0 saturated heterocycles. The van der Waals surface area contributed by atoms with Crippen LogP contribution >= 0.6 is 0 Å². The average molecular weight is 312 g/mol. The van der Waals surface area contributed by atoms with E-state index in [2.05, 4.69) is 26.9 Å². The molecule has 0 fully saturated rings. The maximum absolute atomic E-state index is 12.3. The lowest BCUT2D eigenvalue weighted by Crippen LogP contribution is -2.23. The third-order valence-corrected chi connectivity index (χ3v) is 4.45. The van der Waals surface area contributed by atoms with E-state index in [1.165, 1.54) is 6.33 Å². The maximum atomic E-state index is 12.3. The van der Waals surface area contributed by atoms with Crippen molar-refractivity contribution >= 4 is 10.0 Å².